The molecule has 4 aliphatic rings. The minimum absolute atomic E-state index is 0.0130. The third kappa shape index (κ3) is 2.38. The van der Waals surface area contributed by atoms with Crippen LogP contribution >= 0.6 is 43.0 Å². The second kappa shape index (κ2) is 5.17. The van der Waals surface area contributed by atoms with Crippen LogP contribution in [0.2, 0.25) is 0 Å². The first-order chi connectivity index (χ1) is 10.0. The summed E-state index contributed by atoms with van der Waals surface area (Å²) in [5.41, 5.74) is -0.136. The fourth-order valence-corrected chi connectivity index (χ4v) is 11.9. The minimum atomic E-state index is -1.12. The molecule has 4 rings (SSSR count). The van der Waals surface area contributed by atoms with Gasteiger partial charge < -0.3 is 0 Å². The van der Waals surface area contributed by atoms with Crippen molar-refractivity contribution in [3.63, 3.8) is 0 Å². The zero-order chi connectivity index (χ0) is 14.7. The Balaban J connectivity index is 1.50. The number of carbonyl (C=O) groups is 1. The van der Waals surface area contributed by atoms with Crippen LogP contribution in [0, 0.1) is 5.92 Å². The van der Waals surface area contributed by atoms with Gasteiger partial charge in [-0.1, -0.05) is 0 Å². The molecule has 0 amide bonds. The van der Waals surface area contributed by atoms with Gasteiger partial charge in [-0.05, 0) is 0 Å². The van der Waals surface area contributed by atoms with Gasteiger partial charge in [0.25, 0.3) is 0 Å². The zero-order valence-electron chi connectivity index (χ0n) is 12.5. The Morgan fingerprint density at radius 3 is 2.29 bits per heavy atom. The van der Waals surface area contributed by atoms with E-state index < -0.39 is 23.8 Å². The monoisotopic (exact) mass is 518 g/mol. The summed E-state index contributed by atoms with van der Waals surface area (Å²) in [5, 5.41) is 0. The SMILES string of the molecule is CC(I)(C(=O)OC1(C2CCCCC2)CCCC1)C12NI1N2. The molecular weight excluding hydrogens is 494 g/mol. The molecular formula is C15H24I2N2O2. The molecule has 4 nitrogen and oxygen atoms in total. The zero-order valence-corrected chi connectivity index (χ0v) is 16.8. The van der Waals surface area contributed by atoms with E-state index in [1.54, 1.807) is 0 Å². The van der Waals surface area contributed by atoms with Gasteiger partial charge in [-0.3, -0.25) is 0 Å². The molecule has 0 aromatic heterocycles. The molecule has 0 aromatic rings. The fraction of sp³-hybridized carbons (Fsp3) is 0.933. The molecule has 2 saturated heterocycles. The molecule has 0 aromatic carbocycles. The molecule has 0 bridgehead atoms. The molecule has 21 heavy (non-hydrogen) atoms. The van der Waals surface area contributed by atoms with E-state index in [1.165, 1.54) is 44.9 Å². The number of hydrogen-bond donors (Lipinski definition) is 2. The van der Waals surface area contributed by atoms with Crippen LogP contribution in [0.15, 0.2) is 0 Å². The Labute approximate surface area is 148 Å². The molecule has 2 heterocycles. The summed E-state index contributed by atoms with van der Waals surface area (Å²) in [6.45, 7) is 2.05. The van der Waals surface area contributed by atoms with Gasteiger partial charge in [-0.15, -0.1) is 0 Å². The molecule has 120 valence electrons. The Morgan fingerprint density at radius 1 is 1.19 bits per heavy atom. The average Bonchev–Trinajstić information content (AvgIpc) is 3.30. The van der Waals surface area contributed by atoms with Crippen molar-refractivity contribution in [2.75, 3.05) is 0 Å². The Morgan fingerprint density at radius 2 is 1.76 bits per heavy atom. The first-order valence-electron chi connectivity index (χ1n) is 8.18. The van der Waals surface area contributed by atoms with E-state index in [1.807, 2.05) is 6.92 Å². The van der Waals surface area contributed by atoms with Crippen LogP contribution < -0.4 is 7.06 Å². The van der Waals surface area contributed by atoms with Gasteiger partial charge >= 0.3 is 149 Å². The van der Waals surface area contributed by atoms with Crippen molar-refractivity contribution >= 4 is 48.9 Å². The van der Waals surface area contributed by atoms with Crippen LogP contribution in [-0.4, -0.2) is 18.7 Å². The normalized spacial score (nSPS) is 33.9. The van der Waals surface area contributed by atoms with Gasteiger partial charge in [0.1, 0.15) is 0 Å². The summed E-state index contributed by atoms with van der Waals surface area (Å²) in [7, 11) is 0. The van der Waals surface area contributed by atoms with E-state index in [0.717, 1.165) is 12.8 Å². The van der Waals surface area contributed by atoms with Gasteiger partial charge in [-0.2, -0.15) is 0 Å². The molecule has 6 heteroatoms. The van der Waals surface area contributed by atoms with Crippen LogP contribution in [0.4, 0.5) is 0 Å². The van der Waals surface area contributed by atoms with Crippen molar-refractivity contribution in [1.82, 2.24) is 7.06 Å². The van der Waals surface area contributed by atoms with Crippen molar-refractivity contribution in [3.8, 4) is 0 Å². The summed E-state index contributed by atoms with van der Waals surface area (Å²) >= 11 is 1.20. The predicted molar refractivity (Wildman–Crippen MR) is 99.3 cm³/mol. The van der Waals surface area contributed by atoms with E-state index in [9.17, 15) is 4.79 Å². The number of rotatable bonds is 4. The summed E-state index contributed by atoms with van der Waals surface area (Å²) in [6, 6.07) is 0. The number of esters is 1. The van der Waals surface area contributed by atoms with E-state index in [4.69, 9.17) is 4.74 Å². The maximum atomic E-state index is 12.9. The van der Waals surface area contributed by atoms with Crippen LogP contribution in [0.25, 0.3) is 0 Å². The third-order valence-electron chi connectivity index (χ3n) is 5.79. The topological polar surface area (TPSA) is 70.2 Å². The molecule has 2 saturated carbocycles. The van der Waals surface area contributed by atoms with Gasteiger partial charge in [0.2, 0.25) is 0 Å². The molecule has 4 fully saturated rings. The Bertz CT molecular complexity index is 451. The Kier molecular flexibility index (Phi) is 3.79. The molecule has 0 radical (unpaired) electrons. The average molecular weight is 518 g/mol. The molecule has 2 aliphatic heterocycles. The van der Waals surface area contributed by atoms with Crippen molar-refractivity contribution in [1.29, 1.82) is 0 Å². The quantitative estimate of drug-likeness (QED) is 0.148. The van der Waals surface area contributed by atoms with E-state index >= 15 is 0 Å². The summed E-state index contributed by atoms with van der Waals surface area (Å²) < 4.78 is 12.8. The molecule has 2 N–H and O–H groups in total. The van der Waals surface area contributed by atoms with Crippen molar-refractivity contribution in [2.24, 2.45) is 5.92 Å². The Hall–Kier alpha value is 0.850. The molecule has 2 aliphatic carbocycles. The first kappa shape index (κ1) is 15.4. The van der Waals surface area contributed by atoms with Crippen molar-refractivity contribution in [3.05, 3.63) is 0 Å². The van der Waals surface area contributed by atoms with Crippen molar-refractivity contribution in [2.45, 2.75) is 77.4 Å². The predicted octanol–water partition coefficient (Wildman–Crippen LogP) is 3.81. The first-order valence-corrected chi connectivity index (χ1v) is 12.5. The number of nitrogens with one attached hydrogen (secondary N) is 2. The summed E-state index contributed by atoms with van der Waals surface area (Å²) in [5.74, 6) is 0.629. The number of fused-ring (bicyclic) bond motifs is 1. The molecule has 1 unspecified atom stereocenters. The second-order valence-corrected chi connectivity index (χ2v) is 13.6. The number of ether oxygens (including phenoxy) is 1. The summed E-state index contributed by atoms with van der Waals surface area (Å²) in [4.78, 5) is 12.9. The van der Waals surface area contributed by atoms with Crippen LogP contribution in [0.3, 0.4) is 0 Å². The van der Waals surface area contributed by atoms with Gasteiger partial charge in [0.05, 0.1) is 0 Å². The summed E-state index contributed by atoms with van der Waals surface area (Å²) in [6.07, 6.45) is 11.1. The molecule has 0 spiro atoms. The number of carbonyl (C=O) groups excluding carboxylic acids is 1. The van der Waals surface area contributed by atoms with Crippen molar-refractivity contribution < 1.29 is 9.53 Å². The van der Waals surface area contributed by atoms with E-state index in [2.05, 4.69) is 29.7 Å². The van der Waals surface area contributed by atoms with Gasteiger partial charge in [-0.25, -0.2) is 0 Å². The second-order valence-electron chi connectivity index (χ2n) is 7.13. The van der Waals surface area contributed by atoms with Gasteiger partial charge in [0.15, 0.2) is 0 Å². The van der Waals surface area contributed by atoms with Crippen LogP contribution in [-0.2, 0) is 9.53 Å². The van der Waals surface area contributed by atoms with E-state index in [0.29, 0.717) is 5.92 Å². The standard InChI is InChI=1S/C15H24I2N2O2/c1-13(16,15-17(18-15)19-15)12(20)21-14(9-5-6-10-14)11-7-3-2-4-8-11/h11,18-19H,2-10H2,1H3. The number of alkyl halides is 2. The number of halogens is 2. The molecule has 1 atom stereocenters. The fourth-order valence-electron chi connectivity index (χ4n) is 4.20. The number of hydrogen-bond acceptors (Lipinski definition) is 4. The van der Waals surface area contributed by atoms with Gasteiger partial charge in [0, 0.05) is 0 Å². The third-order valence-corrected chi connectivity index (χ3v) is 12.9. The van der Waals surface area contributed by atoms with E-state index in [-0.39, 0.29) is 15.2 Å². The van der Waals surface area contributed by atoms with Crippen LogP contribution in [0.5, 0.6) is 0 Å². The van der Waals surface area contributed by atoms with Crippen LogP contribution in [0.1, 0.15) is 64.7 Å². The maximum absolute atomic E-state index is 12.9.